The Hall–Kier alpha value is -2.29. The highest BCUT2D eigenvalue weighted by Crippen LogP contribution is 2.45. The number of hydrogen-bond acceptors (Lipinski definition) is 8. The van der Waals surface area contributed by atoms with E-state index in [4.69, 9.17) is 4.74 Å². The van der Waals surface area contributed by atoms with Gasteiger partial charge in [-0.3, -0.25) is 0 Å². The Morgan fingerprint density at radius 2 is 1.71 bits per heavy atom. The Bertz CT molecular complexity index is 810. The molecule has 4 rings (SSSR count). The van der Waals surface area contributed by atoms with Gasteiger partial charge in [-0.25, -0.2) is 28.4 Å². The summed E-state index contributed by atoms with van der Waals surface area (Å²) in [6.07, 6.45) is 7.11. The second-order valence-electron chi connectivity index (χ2n) is 6.12. The number of sulfone groups is 1. The molecule has 2 aromatic heterocycles. The number of rotatable bonds is 4. The maximum Gasteiger partial charge on any atom is 0.316 e. The number of anilines is 1. The zero-order valence-electron chi connectivity index (χ0n) is 12.9. The highest BCUT2D eigenvalue weighted by Gasteiger charge is 2.62. The molecule has 4 heterocycles. The third kappa shape index (κ3) is 2.39. The van der Waals surface area contributed by atoms with Gasteiger partial charge >= 0.3 is 6.01 Å². The van der Waals surface area contributed by atoms with Gasteiger partial charge < -0.3 is 9.64 Å². The minimum Gasteiger partial charge on any atom is -0.463 e. The lowest BCUT2D eigenvalue weighted by Gasteiger charge is -2.49. The van der Waals surface area contributed by atoms with Crippen molar-refractivity contribution in [2.75, 3.05) is 30.3 Å². The maximum absolute atomic E-state index is 12.6. The fourth-order valence-electron chi connectivity index (χ4n) is 3.44. The van der Waals surface area contributed by atoms with Crippen molar-refractivity contribution >= 4 is 15.8 Å². The Labute approximate surface area is 139 Å². The Balaban J connectivity index is 1.49. The highest BCUT2D eigenvalue weighted by atomic mass is 32.2. The van der Waals surface area contributed by atoms with E-state index in [0.29, 0.717) is 32.1 Å². The summed E-state index contributed by atoms with van der Waals surface area (Å²) in [5.41, 5.74) is 0. The molecule has 2 fully saturated rings. The van der Waals surface area contributed by atoms with Crippen LogP contribution in [0.5, 0.6) is 6.01 Å². The molecule has 2 aromatic rings. The molecule has 1 unspecified atom stereocenters. The van der Waals surface area contributed by atoms with Gasteiger partial charge in [0.25, 0.3) is 0 Å². The Kier molecular flexibility index (Phi) is 3.60. The minimum atomic E-state index is -3.16. The molecule has 0 radical (unpaired) electrons. The molecule has 2 aliphatic rings. The largest absolute Gasteiger partial charge is 0.463 e. The van der Waals surface area contributed by atoms with E-state index in [2.05, 4.69) is 19.9 Å². The van der Waals surface area contributed by atoms with Gasteiger partial charge in [-0.05, 0) is 18.6 Å². The van der Waals surface area contributed by atoms with Gasteiger partial charge in [0.2, 0.25) is 5.95 Å². The van der Waals surface area contributed by atoms with Crippen molar-refractivity contribution in [3.8, 4) is 6.01 Å². The first-order valence-electron chi connectivity index (χ1n) is 7.75. The molecule has 2 aliphatic heterocycles. The molecule has 24 heavy (non-hydrogen) atoms. The standard InChI is InChI=1S/C15H17N5O3S/c21-24(22)8-3-12(9-23-14-18-6-2-7-19-14)15(24)10-20(11-15)13-16-4-1-5-17-13/h1-2,4-7,12H,3,8-11H2. The van der Waals surface area contributed by atoms with Crippen LogP contribution in [0, 0.1) is 5.92 Å². The molecule has 9 heteroatoms. The van der Waals surface area contributed by atoms with Crippen LogP contribution in [0.3, 0.4) is 0 Å². The van der Waals surface area contributed by atoms with Gasteiger partial charge in [0.05, 0.1) is 12.4 Å². The summed E-state index contributed by atoms with van der Waals surface area (Å²) in [5.74, 6) is 0.683. The average Bonchev–Trinajstić information content (AvgIpc) is 2.84. The van der Waals surface area contributed by atoms with Gasteiger partial charge in [0, 0.05) is 43.8 Å². The average molecular weight is 347 g/mol. The molecule has 1 spiro atoms. The monoisotopic (exact) mass is 347 g/mol. The lowest BCUT2D eigenvalue weighted by Crippen LogP contribution is -2.68. The summed E-state index contributed by atoms with van der Waals surface area (Å²) in [6, 6.07) is 3.72. The topological polar surface area (TPSA) is 98.2 Å². The molecule has 0 saturated carbocycles. The van der Waals surface area contributed by atoms with Crippen molar-refractivity contribution in [1.82, 2.24) is 19.9 Å². The molecule has 0 bridgehead atoms. The predicted octanol–water partition coefficient (Wildman–Crippen LogP) is 0.339. The molecule has 1 atom stereocenters. The van der Waals surface area contributed by atoms with Crippen molar-refractivity contribution in [2.24, 2.45) is 5.92 Å². The first kappa shape index (κ1) is 15.3. The van der Waals surface area contributed by atoms with E-state index in [-0.39, 0.29) is 17.7 Å². The number of aromatic nitrogens is 4. The maximum atomic E-state index is 12.6. The van der Waals surface area contributed by atoms with Gasteiger partial charge in [-0.15, -0.1) is 0 Å². The van der Waals surface area contributed by atoms with Crippen LogP contribution in [0.1, 0.15) is 6.42 Å². The summed E-state index contributed by atoms with van der Waals surface area (Å²) in [7, 11) is -3.16. The predicted molar refractivity (Wildman–Crippen MR) is 86.4 cm³/mol. The molecular weight excluding hydrogens is 330 g/mol. The lowest BCUT2D eigenvalue weighted by molar-refractivity contribution is 0.182. The molecular formula is C15H17N5O3S. The van der Waals surface area contributed by atoms with E-state index in [1.54, 1.807) is 36.9 Å². The van der Waals surface area contributed by atoms with Crippen LogP contribution in [0.15, 0.2) is 36.9 Å². The lowest BCUT2D eigenvalue weighted by atomic mass is 9.84. The summed E-state index contributed by atoms with van der Waals surface area (Å²) >= 11 is 0. The van der Waals surface area contributed by atoms with E-state index in [9.17, 15) is 8.42 Å². The van der Waals surface area contributed by atoms with Crippen LogP contribution >= 0.6 is 0 Å². The quantitative estimate of drug-likeness (QED) is 0.781. The third-order valence-corrected chi connectivity index (χ3v) is 7.41. The zero-order valence-corrected chi connectivity index (χ0v) is 13.8. The van der Waals surface area contributed by atoms with Gasteiger partial charge in [-0.2, -0.15) is 0 Å². The van der Waals surface area contributed by atoms with Crippen LogP contribution in [0.25, 0.3) is 0 Å². The highest BCUT2D eigenvalue weighted by molar-refractivity contribution is 7.93. The normalized spacial score (nSPS) is 23.8. The van der Waals surface area contributed by atoms with E-state index in [1.807, 2.05) is 4.90 Å². The van der Waals surface area contributed by atoms with Crippen LogP contribution < -0.4 is 9.64 Å². The Morgan fingerprint density at radius 1 is 1.08 bits per heavy atom. The second-order valence-corrected chi connectivity index (χ2v) is 8.57. The first-order valence-corrected chi connectivity index (χ1v) is 9.40. The molecule has 0 aliphatic carbocycles. The zero-order chi connectivity index (χ0) is 16.6. The number of ether oxygens (including phenoxy) is 1. The molecule has 0 aromatic carbocycles. The summed E-state index contributed by atoms with van der Waals surface area (Å²) < 4.78 is 30.1. The van der Waals surface area contributed by atoms with E-state index >= 15 is 0 Å². The number of hydrogen-bond donors (Lipinski definition) is 0. The van der Waals surface area contributed by atoms with E-state index in [1.165, 1.54) is 0 Å². The van der Waals surface area contributed by atoms with Gasteiger partial charge in [-0.1, -0.05) is 0 Å². The van der Waals surface area contributed by atoms with Gasteiger partial charge in [0.1, 0.15) is 4.75 Å². The molecule has 2 saturated heterocycles. The fraction of sp³-hybridized carbons (Fsp3) is 0.467. The Morgan fingerprint density at radius 3 is 2.38 bits per heavy atom. The smallest absolute Gasteiger partial charge is 0.316 e. The number of nitrogens with zero attached hydrogens (tertiary/aromatic N) is 5. The van der Waals surface area contributed by atoms with Crippen molar-refractivity contribution in [2.45, 2.75) is 11.2 Å². The fourth-order valence-corrected chi connectivity index (χ4v) is 5.84. The van der Waals surface area contributed by atoms with Crippen molar-refractivity contribution in [3.05, 3.63) is 36.9 Å². The van der Waals surface area contributed by atoms with Crippen molar-refractivity contribution in [1.29, 1.82) is 0 Å². The van der Waals surface area contributed by atoms with E-state index in [0.717, 1.165) is 0 Å². The molecule has 8 nitrogen and oxygen atoms in total. The van der Waals surface area contributed by atoms with Crippen LogP contribution in [0.4, 0.5) is 5.95 Å². The first-order chi connectivity index (χ1) is 11.6. The molecule has 0 amide bonds. The van der Waals surface area contributed by atoms with Crippen molar-refractivity contribution in [3.63, 3.8) is 0 Å². The SMILES string of the molecule is O=S1(=O)CCC(COc2ncccn2)C12CN(c1ncccn1)C2. The summed E-state index contributed by atoms with van der Waals surface area (Å²) in [6.45, 7) is 1.11. The van der Waals surface area contributed by atoms with Crippen LogP contribution in [0.2, 0.25) is 0 Å². The third-order valence-electron chi connectivity index (χ3n) is 4.81. The van der Waals surface area contributed by atoms with Crippen LogP contribution in [-0.2, 0) is 9.84 Å². The minimum absolute atomic E-state index is 0.0775. The van der Waals surface area contributed by atoms with E-state index < -0.39 is 14.6 Å². The van der Waals surface area contributed by atoms with Gasteiger partial charge in [0.15, 0.2) is 9.84 Å². The van der Waals surface area contributed by atoms with Crippen LogP contribution in [-0.4, -0.2) is 58.5 Å². The molecule has 126 valence electrons. The summed E-state index contributed by atoms with van der Waals surface area (Å²) in [4.78, 5) is 18.3. The second kappa shape index (κ2) is 5.66. The van der Waals surface area contributed by atoms with Crippen molar-refractivity contribution < 1.29 is 13.2 Å². The molecule has 0 N–H and O–H groups in total. The summed E-state index contributed by atoms with van der Waals surface area (Å²) in [5, 5.41) is 0.